The maximum atomic E-state index is 12.6. The molecule has 29 heavy (non-hydrogen) atoms. The average molecular weight is 387 g/mol. The maximum Gasteiger partial charge on any atom is 0.337 e. The molecule has 0 fully saturated rings. The average Bonchev–Trinajstić information content (AvgIpc) is 2.73. The molecule has 144 valence electrons. The standard InChI is InChI=1S/C21H17N5O3/c1-13-23-18(20(27)26-16-7-3-5-14(9-16)12-22)11-19(24-13)25-17-8-4-6-15(10-17)21(28)29-2/h3-11H,1-2H3,(H,26,27)(H,23,24,25). The largest absolute Gasteiger partial charge is 0.465 e. The van der Waals surface area contributed by atoms with E-state index in [1.807, 2.05) is 6.07 Å². The van der Waals surface area contributed by atoms with Crippen LogP contribution in [0.5, 0.6) is 0 Å². The van der Waals surface area contributed by atoms with Crippen molar-refractivity contribution in [3.63, 3.8) is 0 Å². The number of hydrogen-bond acceptors (Lipinski definition) is 7. The van der Waals surface area contributed by atoms with Gasteiger partial charge in [0, 0.05) is 17.4 Å². The van der Waals surface area contributed by atoms with Gasteiger partial charge in [-0.25, -0.2) is 14.8 Å². The number of hydrogen-bond donors (Lipinski definition) is 2. The van der Waals surface area contributed by atoms with E-state index in [0.29, 0.717) is 34.1 Å². The summed E-state index contributed by atoms with van der Waals surface area (Å²) in [6, 6.07) is 16.8. The third-order valence-electron chi connectivity index (χ3n) is 3.88. The number of aryl methyl sites for hydroxylation is 1. The van der Waals surface area contributed by atoms with Gasteiger partial charge in [-0.15, -0.1) is 0 Å². The Kier molecular flexibility index (Phi) is 5.80. The normalized spacial score (nSPS) is 9.97. The van der Waals surface area contributed by atoms with Gasteiger partial charge in [-0.3, -0.25) is 4.79 Å². The molecule has 0 radical (unpaired) electrons. The molecule has 3 rings (SSSR count). The molecule has 0 bridgehead atoms. The highest BCUT2D eigenvalue weighted by Gasteiger charge is 2.12. The van der Waals surface area contributed by atoms with Gasteiger partial charge in [-0.05, 0) is 43.3 Å². The highest BCUT2D eigenvalue weighted by Crippen LogP contribution is 2.18. The number of esters is 1. The molecule has 2 aromatic carbocycles. The van der Waals surface area contributed by atoms with Crippen LogP contribution in [0.3, 0.4) is 0 Å². The summed E-state index contributed by atoms with van der Waals surface area (Å²) in [6.45, 7) is 1.67. The number of benzene rings is 2. The molecule has 2 N–H and O–H groups in total. The van der Waals surface area contributed by atoms with Crippen molar-refractivity contribution >= 4 is 29.1 Å². The SMILES string of the molecule is COC(=O)c1cccc(Nc2cc(C(=O)Nc3cccc(C#N)c3)nc(C)n2)c1. The van der Waals surface area contributed by atoms with Crippen LogP contribution in [0.25, 0.3) is 0 Å². The summed E-state index contributed by atoms with van der Waals surface area (Å²) < 4.78 is 4.72. The van der Waals surface area contributed by atoms with Crippen molar-refractivity contribution in [3.8, 4) is 6.07 Å². The van der Waals surface area contributed by atoms with Gasteiger partial charge in [-0.2, -0.15) is 5.26 Å². The van der Waals surface area contributed by atoms with E-state index in [2.05, 4.69) is 20.6 Å². The van der Waals surface area contributed by atoms with Gasteiger partial charge in [0.05, 0.1) is 24.3 Å². The molecule has 1 aromatic heterocycles. The zero-order chi connectivity index (χ0) is 20.8. The predicted molar refractivity (Wildman–Crippen MR) is 107 cm³/mol. The summed E-state index contributed by atoms with van der Waals surface area (Å²) in [7, 11) is 1.31. The summed E-state index contributed by atoms with van der Waals surface area (Å²) >= 11 is 0. The van der Waals surface area contributed by atoms with Crippen LogP contribution in [0.15, 0.2) is 54.6 Å². The fourth-order valence-corrected chi connectivity index (χ4v) is 2.60. The number of methoxy groups -OCH3 is 1. The monoisotopic (exact) mass is 387 g/mol. The van der Waals surface area contributed by atoms with Crippen molar-refractivity contribution < 1.29 is 14.3 Å². The Labute approximate surface area is 167 Å². The first kappa shape index (κ1) is 19.5. The van der Waals surface area contributed by atoms with Crippen molar-refractivity contribution in [1.82, 2.24) is 9.97 Å². The number of aromatic nitrogens is 2. The number of carbonyl (C=O) groups is 2. The van der Waals surface area contributed by atoms with Gasteiger partial charge in [0.2, 0.25) is 0 Å². The van der Waals surface area contributed by atoms with Crippen LogP contribution in [0.4, 0.5) is 17.2 Å². The summed E-state index contributed by atoms with van der Waals surface area (Å²) in [5.74, 6) is -0.0883. The number of nitrogens with one attached hydrogen (secondary N) is 2. The number of nitrogens with zero attached hydrogens (tertiary/aromatic N) is 3. The van der Waals surface area contributed by atoms with E-state index in [0.717, 1.165) is 0 Å². The lowest BCUT2D eigenvalue weighted by molar-refractivity contribution is 0.0600. The first-order valence-electron chi connectivity index (χ1n) is 8.61. The van der Waals surface area contributed by atoms with Crippen molar-refractivity contribution in [1.29, 1.82) is 5.26 Å². The Balaban J connectivity index is 1.82. The summed E-state index contributed by atoms with van der Waals surface area (Å²) in [6.07, 6.45) is 0. The maximum absolute atomic E-state index is 12.6. The van der Waals surface area contributed by atoms with Gasteiger partial charge >= 0.3 is 5.97 Å². The van der Waals surface area contributed by atoms with E-state index >= 15 is 0 Å². The molecule has 1 amide bonds. The van der Waals surface area contributed by atoms with Crippen LogP contribution in [0.1, 0.15) is 32.2 Å². The zero-order valence-corrected chi connectivity index (χ0v) is 15.8. The number of carbonyl (C=O) groups excluding carboxylic acids is 2. The fraction of sp³-hybridized carbons (Fsp3) is 0.0952. The van der Waals surface area contributed by atoms with Crippen LogP contribution in [-0.2, 0) is 4.74 Å². The molecule has 0 saturated heterocycles. The highest BCUT2D eigenvalue weighted by molar-refractivity contribution is 6.03. The van der Waals surface area contributed by atoms with Gasteiger partial charge < -0.3 is 15.4 Å². The van der Waals surface area contributed by atoms with Gasteiger partial charge in [-0.1, -0.05) is 12.1 Å². The van der Waals surface area contributed by atoms with Crippen LogP contribution in [-0.4, -0.2) is 29.0 Å². The molecule has 0 saturated carbocycles. The predicted octanol–water partition coefficient (Wildman–Crippen LogP) is 3.44. The van der Waals surface area contributed by atoms with E-state index in [1.165, 1.54) is 13.2 Å². The molecule has 8 heteroatoms. The highest BCUT2D eigenvalue weighted by atomic mass is 16.5. The molecule has 0 aliphatic rings. The lowest BCUT2D eigenvalue weighted by Gasteiger charge is -2.10. The molecule has 0 aliphatic carbocycles. The second-order valence-electron chi connectivity index (χ2n) is 6.03. The smallest absolute Gasteiger partial charge is 0.337 e. The number of ether oxygens (including phenoxy) is 1. The van der Waals surface area contributed by atoms with E-state index in [4.69, 9.17) is 10.00 Å². The first-order valence-corrected chi connectivity index (χ1v) is 8.61. The van der Waals surface area contributed by atoms with Crippen LogP contribution >= 0.6 is 0 Å². The Hall–Kier alpha value is -4.25. The van der Waals surface area contributed by atoms with Gasteiger partial charge in [0.25, 0.3) is 5.91 Å². The summed E-state index contributed by atoms with van der Waals surface area (Å²) in [4.78, 5) is 32.7. The summed E-state index contributed by atoms with van der Waals surface area (Å²) in [5.41, 5.74) is 2.09. The Morgan fingerprint density at radius 1 is 1.03 bits per heavy atom. The fourth-order valence-electron chi connectivity index (χ4n) is 2.60. The second-order valence-corrected chi connectivity index (χ2v) is 6.03. The van der Waals surface area contributed by atoms with E-state index < -0.39 is 11.9 Å². The van der Waals surface area contributed by atoms with Crippen LogP contribution in [0.2, 0.25) is 0 Å². The molecule has 0 atom stereocenters. The molecule has 0 aliphatic heterocycles. The molecular formula is C21H17N5O3. The molecule has 1 heterocycles. The lowest BCUT2D eigenvalue weighted by atomic mass is 10.2. The minimum Gasteiger partial charge on any atom is -0.465 e. The van der Waals surface area contributed by atoms with Crippen LogP contribution < -0.4 is 10.6 Å². The van der Waals surface area contributed by atoms with Crippen molar-refractivity contribution in [3.05, 3.63) is 77.2 Å². The van der Waals surface area contributed by atoms with Crippen molar-refractivity contribution in [2.24, 2.45) is 0 Å². The van der Waals surface area contributed by atoms with Crippen molar-refractivity contribution in [2.45, 2.75) is 6.92 Å². The second kappa shape index (κ2) is 8.63. The molecule has 8 nitrogen and oxygen atoms in total. The van der Waals surface area contributed by atoms with Gasteiger partial charge in [0.15, 0.2) is 0 Å². The zero-order valence-electron chi connectivity index (χ0n) is 15.8. The van der Waals surface area contributed by atoms with E-state index in [1.54, 1.807) is 55.5 Å². The Morgan fingerprint density at radius 3 is 2.55 bits per heavy atom. The summed E-state index contributed by atoms with van der Waals surface area (Å²) in [5, 5.41) is 14.7. The minimum atomic E-state index is -0.452. The third-order valence-corrected chi connectivity index (χ3v) is 3.88. The molecule has 0 spiro atoms. The molecule has 0 unspecified atom stereocenters. The lowest BCUT2D eigenvalue weighted by Crippen LogP contribution is -2.15. The number of amides is 1. The van der Waals surface area contributed by atoms with Crippen LogP contribution in [0, 0.1) is 18.3 Å². The minimum absolute atomic E-state index is 0.159. The number of nitriles is 1. The quantitative estimate of drug-likeness (QED) is 0.644. The first-order chi connectivity index (χ1) is 14.0. The Morgan fingerprint density at radius 2 is 1.79 bits per heavy atom. The van der Waals surface area contributed by atoms with Crippen molar-refractivity contribution in [2.75, 3.05) is 17.7 Å². The third kappa shape index (κ3) is 4.93. The molecular weight excluding hydrogens is 370 g/mol. The topological polar surface area (TPSA) is 117 Å². The van der Waals surface area contributed by atoms with E-state index in [-0.39, 0.29) is 5.69 Å². The number of anilines is 3. The Bertz CT molecular complexity index is 1120. The van der Waals surface area contributed by atoms with E-state index in [9.17, 15) is 9.59 Å². The number of rotatable bonds is 5. The van der Waals surface area contributed by atoms with Gasteiger partial charge in [0.1, 0.15) is 17.3 Å². The molecule has 3 aromatic rings.